The molecule has 1 amide bonds. The molecule has 1 N–H and O–H groups in total. The standard InChI is InChI=1S/C19H24N2O4S/c1-5-25-17-9-7-16(8-10-17)20-19(22)13-21(26(4,23)24)18-11-6-14(2)12-15(18)3/h6-12H,5,13H2,1-4H3,(H,20,22). The number of aryl methyl sites for hydroxylation is 2. The molecule has 7 heteroatoms. The van der Waals surface area contributed by atoms with Gasteiger partial charge in [-0.3, -0.25) is 9.10 Å². The lowest BCUT2D eigenvalue weighted by molar-refractivity contribution is -0.114. The van der Waals surface area contributed by atoms with Gasteiger partial charge in [-0.25, -0.2) is 8.42 Å². The minimum atomic E-state index is -3.60. The Morgan fingerprint density at radius 1 is 1.12 bits per heavy atom. The Morgan fingerprint density at radius 2 is 1.77 bits per heavy atom. The summed E-state index contributed by atoms with van der Waals surface area (Å²) in [6.07, 6.45) is 1.09. The van der Waals surface area contributed by atoms with Crippen molar-refractivity contribution in [3.05, 3.63) is 53.6 Å². The first kappa shape index (κ1) is 19.8. The molecule has 0 heterocycles. The van der Waals surface area contributed by atoms with Gasteiger partial charge in [0, 0.05) is 5.69 Å². The van der Waals surface area contributed by atoms with Crippen LogP contribution >= 0.6 is 0 Å². The van der Waals surface area contributed by atoms with Crippen LogP contribution < -0.4 is 14.4 Å². The third-order valence-electron chi connectivity index (χ3n) is 3.76. The largest absolute Gasteiger partial charge is 0.494 e. The van der Waals surface area contributed by atoms with Crippen LogP contribution in [-0.2, 0) is 14.8 Å². The van der Waals surface area contributed by atoms with Gasteiger partial charge in [-0.05, 0) is 56.7 Å². The number of amides is 1. The summed E-state index contributed by atoms with van der Waals surface area (Å²) in [4.78, 5) is 12.4. The molecule has 0 atom stereocenters. The normalized spacial score (nSPS) is 11.1. The van der Waals surface area contributed by atoms with Crippen molar-refractivity contribution in [1.29, 1.82) is 0 Å². The number of benzene rings is 2. The molecule has 0 fully saturated rings. The Kier molecular flexibility index (Phi) is 6.26. The first-order valence-electron chi connectivity index (χ1n) is 8.28. The minimum Gasteiger partial charge on any atom is -0.494 e. The Balaban J connectivity index is 2.17. The molecule has 0 aliphatic rings. The molecule has 0 spiro atoms. The summed E-state index contributed by atoms with van der Waals surface area (Å²) in [6, 6.07) is 12.4. The molecule has 2 aromatic rings. The lowest BCUT2D eigenvalue weighted by Crippen LogP contribution is -2.37. The number of nitrogens with zero attached hydrogens (tertiary/aromatic N) is 1. The number of carbonyl (C=O) groups is 1. The highest BCUT2D eigenvalue weighted by atomic mass is 32.2. The van der Waals surface area contributed by atoms with Gasteiger partial charge in [0.05, 0.1) is 18.6 Å². The molecule has 0 radical (unpaired) electrons. The van der Waals surface area contributed by atoms with E-state index in [2.05, 4.69) is 5.32 Å². The van der Waals surface area contributed by atoms with Crippen LogP contribution in [0.15, 0.2) is 42.5 Å². The van der Waals surface area contributed by atoms with Gasteiger partial charge in [0.2, 0.25) is 15.9 Å². The van der Waals surface area contributed by atoms with E-state index in [1.807, 2.05) is 32.9 Å². The maximum Gasteiger partial charge on any atom is 0.245 e. The van der Waals surface area contributed by atoms with Crippen LogP contribution in [-0.4, -0.2) is 33.7 Å². The molecule has 2 aromatic carbocycles. The van der Waals surface area contributed by atoms with Crippen LogP contribution in [0.3, 0.4) is 0 Å². The van der Waals surface area contributed by atoms with Crippen molar-refractivity contribution in [1.82, 2.24) is 0 Å². The van der Waals surface area contributed by atoms with Crippen LogP contribution in [0.2, 0.25) is 0 Å². The number of ether oxygens (including phenoxy) is 1. The summed E-state index contributed by atoms with van der Waals surface area (Å²) in [5, 5.41) is 2.71. The molecule has 2 rings (SSSR count). The molecule has 0 aromatic heterocycles. The summed E-state index contributed by atoms with van der Waals surface area (Å²) in [5.41, 5.74) is 2.90. The third-order valence-corrected chi connectivity index (χ3v) is 4.88. The van der Waals surface area contributed by atoms with Gasteiger partial charge in [0.1, 0.15) is 12.3 Å². The smallest absolute Gasteiger partial charge is 0.245 e. The Morgan fingerprint density at radius 3 is 2.31 bits per heavy atom. The minimum absolute atomic E-state index is 0.296. The predicted molar refractivity (Wildman–Crippen MR) is 104 cm³/mol. The number of hydrogen-bond donors (Lipinski definition) is 1. The van der Waals surface area contributed by atoms with E-state index < -0.39 is 15.9 Å². The molecule has 6 nitrogen and oxygen atoms in total. The molecular formula is C19H24N2O4S. The van der Waals surface area contributed by atoms with E-state index in [1.54, 1.807) is 30.3 Å². The molecule has 0 bridgehead atoms. The monoisotopic (exact) mass is 376 g/mol. The van der Waals surface area contributed by atoms with Crippen molar-refractivity contribution in [2.24, 2.45) is 0 Å². The van der Waals surface area contributed by atoms with Crippen molar-refractivity contribution in [3.63, 3.8) is 0 Å². The number of carbonyl (C=O) groups excluding carboxylic acids is 1. The lowest BCUT2D eigenvalue weighted by Gasteiger charge is -2.24. The van der Waals surface area contributed by atoms with Crippen molar-refractivity contribution < 1.29 is 17.9 Å². The Labute approximate surface area is 154 Å². The number of sulfonamides is 1. The highest BCUT2D eigenvalue weighted by Gasteiger charge is 2.22. The molecule has 0 aliphatic carbocycles. The van der Waals surface area contributed by atoms with E-state index in [0.717, 1.165) is 21.7 Å². The zero-order chi connectivity index (χ0) is 19.3. The molecule has 0 saturated heterocycles. The summed E-state index contributed by atoms with van der Waals surface area (Å²) in [7, 11) is -3.60. The number of anilines is 2. The summed E-state index contributed by atoms with van der Waals surface area (Å²) in [6.45, 7) is 5.91. The number of nitrogens with one attached hydrogen (secondary N) is 1. The van der Waals surface area contributed by atoms with E-state index in [0.29, 0.717) is 23.7 Å². The average Bonchev–Trinajstić information content (AvgIpc) is 2.54. The second-order valence-electron chi connectivity index (χ2n) is 6.07. The zero-order valence-corrected chi connectivity index (χ0v) is 16.3. The van der Waals surface area contributed by atoms with Gasteiger partial charge in [-0.1, -0.05) is 17.7 Å². The molecule has 0 aliphatic heterocycles. The maximum atomic E-state index is 12.4. The van der Waals surface area contributed by atoms with Gasteiger partial charge in [-0.2, -0.15) is 0 Å². The van der Waals surface area contributed by atoms with E-state index in [1.165, 1.54) is 0 Å². The van der Waals surface area contributed by atoms with Gasteiger partial charge in [-0.15, -0.1) is 0 Å². The summed E-state index contributed by atoms with van der Waals surface area (Å²) >= 11 is 0. The van der Waals surface area contributed by atoms with Gasteiger partial charge in [0.15, 0.2) is 0 Å². The zero-order valence-electron chi connectivity index (χ0n) is 15.4. The predicted octanol–water partition coefficient (Wildman–Crippen LogP) is 3.11. The van der Waals surface area contributed by atoms with Gasteiger partial charge < -0.3 is 10.1 Å². The molecule has 140 valence electrons. The second kappa shape index (κ2) is 8.23. The first-order chi connectivity index (χ1) is 12.2. The van der Waals surface area contributed by atoms with Crippen LogP contribution in [0.1, 0.15) is 18.1 Å². The first-order valence-corrected chi connectivity index (χ1v) is 10.1. The van der Waals surface area contributed by atoms with Gasteiger partial charge in [0.25, 0.3) is 0 Å². The fourth-order valence-electron chi connectivity index (χ4n) is 2.60. The maximum absolute atomic E-state index is 12.4. The Bertz CT molecular complexity index is 877. The van der Waals surface area contributed by atoms with Crippen molar-refractivity contribution in [3.8, 4) is 5.75 Å². The number of hydrogen-bond acceptors (Lipinski definition) is 4. The van der Waals surface area contributed by atoms with E-state index in [4.69, 9.17) is 4.74 Å². The summed E-state index contributed by atoms with van der Waals surface area (Å²) < 4.78 is 30.9. The van der Waals surface area contributed by atoms with Gasteiger partial charge >= 0.3 is 0 Å². The van der Waals surface area contributed by atoms with Crippen molar-refractivity contribution >= 4 is 27.3 Å². The summed E-state index contributed by atoms with van der Waals surface area (Å²) in [5.74, 6) is 0.290. The lowest BCUT2D eigenvalue weighted by atomic mass is 10.1. The molecular weight excluding hydrogens is 352 g/mol. The van der Waals surface area contributed by atoms with Crippen molar-refractivity contribution in [2.75, 3.05) is 29.0 Å². The average molecular weight is 376 g/mol. The fourth-order valence-corrected chi connectivity index (χ4v) is 3.51. The molecule has 0 saturated carbocycles. The van der Waals surface area contributed by atoms with E-state index >= 15 is 0 Å². The SMILES string of the molecule is CCOc1ccc(NC(=O)CN(c2ccc(C)cc2C)S(C)(=O)=O)cc1. The van der Waals surface area contributed by atoms with Crippen LogP contribution in [0, 0.1) is 13.8 Å². The van der Waals surface area contributed by atoms with Crippen LogP contribution in [0.4, 0.5) is 11.4 Å². The third kappa shape index (κ3) is 5.23. The van der Waals surface area contributed by atoms with Crippen LogP contribution in [0.25, 0.3) is 0 Å². The highest BCUT2D eigenvalue weighted by Crippen LogP contribution is 2.23. The quantitative estimate of drug-likeness (QED) is 0.806. The number of rotatable bonds is 7. The molecule has 0 unspecified atom stereocenters. The van der Waals surface area contributed by atoms with E-state index in [9.17, 15) is 13.2 Å². The van der Waals surface area contributed by atoms with Crippen molar-refractivity contribution in [2.45, 2.75) is 20.8 Å². The second-order valence-corrected chi connectivity index (χ2v) is 7.97. The van der Waals surface area contributed by atoms with E-state index in [-0.39, 0.29) is 6.54 Å². The molecule has 26 heavy (non-hydrogen) atoms. The highest BCUT2D eigenvalue weighted by molar-refractivity contribution is 7.92. The fraction of sp³-hybridized carbons (Fsp3) is 0.316. The topological polar surface area (TPSA) is 75.7 Å². The van der Waals surface area contributed by atoms with Crippen LogP contribution in [0.5, 0.6) is 5.75 Å². The Hall–Kier alpha value is -2.54.